The Morgan fingerprint density at radius 2 is 2.08 bits per heavy atom. The van der Waals surface area contributed by atoms with Crippen LogP contribution in [-0.2, 0) is 4.79 Å². The third-order valence-corrected chi connectivity index (χ3v) is 5.12. The number of carbonyl (C=O) groups excluding carboxylic acids is 2. The van der Waals surface area contributed by atoms with E-state index in [-0.39, 0.29) is 17.6 Å². The van der Waals surface area contributed by atoms with Crippen molar-refractivity contribution in [3.8, 4) is 11.4 Å². The minimum Gasteiger partial charge on any atom is -0.497 e. The highest BCUT2D eigenvalue weighted by Crippen LogP contribution is 2.22. The summed E-state index contributed by atoms with van der Waals surface area (Å²) < 4.78 is 7.02. The van der Waals surface area contributed by atoms with E-state index >= 15 is 0 Å². The Morgan fingerprint density at radius 3 is 2.76 bits per heavy atom. The van der Waals surface area contributed by atoms with E-state index in [1.165, 1.54) is 23.1 Å². The minimum absolute atomic E-state index is 0.101. The number of imidazole rings is 1. The predicted molar refractivity (Wildman–Crippen MR) is 97.6 cm³/mol. The van der Waals surface area contributed by atoms with Crippen molar-refractivity contribution in [1.82, 2.24) is 14.9 Å². The Kier molecular flexibility index (Phi) is 5.52. The van der Waals surface area contributed by atoms with Crippen molar-refractivity contribution in [1.29, 1.82) is 0 Å². The Balaban J connectivity index is 1.61. The molecule has 128 valence electrons. The van der Waals surface area contributed by atoms with Crippen LogP contribution < -0.4 is 10.1 Å². The summed E-state index contributed by atoms with van der Waals surface area (Å²) in [4.78, 5) is 28.6. The van der Waals surface area contributed by atoms with Gasteiger partial charge in [0.05, 0.1) is 17.7 Å². The fourth-order valence-corrected chi connectivity index (χ4v) is 3.49. The van der Waals surface area contributed by atoms with Gasteiger partial charge in [-0.25, -0.2) is 4.98 Å². The van der Waals surface area contributed by atoms with Gasteiger partial charge in [-0.15, -0.1) is 11.3 Å². The number of imide groups is 1. The fourth-order valence-electron chi connectivity index (χ4n) is 2.10. The summed E-state index contributed by atoms with van der Waals surface area (Å²) in [6, 6.07) is 11.0. The van der Waals surface area contributed by atoms with Crippen LogP contribution in [0, 0.1) is 0 Å². The first-order valence-electron chi connectivity index (χ1n) is 7.35. The Morgan fingerprint density at radius 1 is 1.28 bits per heavy atom. The molecule has 0 bridgehead atoms. The number of thioether (sulfide) groups is 1. The smallest absolute Gasteiger partial charge is 0.267 e. The third kappa shape index (κ3) is 4.28. The fraction of sp³-hybridized carbons (Fsp3) is 0.118. The highest BCUT2D eigenvalue weighted by Gasteiger charge is 2.13. The average molecular weight is 373 g/mol. The van der Waals surface area contributed by atoms with Gasteiger partial charge in [-0.1, -0.05) is 17.8 Å². The molecular formula is C17H15N3O3S2. The van der Waals surface area contributed by atoms with Crippen molar-refractivity contribution in [2.75, 3.05) is 12.9 Å². The maximum Gasteiger partial charge on any atom is 0.267 e. The molecular weight excluding hydrogens is 358 g/mol. The summed E-state index contributed by atoms with van der Waals surface area (Å²) in [5.74, 6) is 0.140. The molecule has 0 radical (unpaired) electrons. The topological polar surface area (TPSA) is 73.2 Å². The van der Waals surface area contributed by atoms with Crippen LogP contribution in [0.1, 0.15) is 9.67 Å². The molecule has 8 heteroatoms. The molecule has 3 aromatic rings. The summed E-state index contributed by atoms with van der Waals surface area (Å²) in [5.41, 5.74) is 0.913. The van der Waals surface area contributed by atoms with Crippen LogP contribution in [0.15, 0.2) is 59.3 Å². The first-order valence-corrected chi connectivity index (χ1v) is 9.22. The predicted octanol–water partition coefficient (Wildman–Crippen LogP) is 2.99. The molecule has 0 fully saturated rings. The number of methoxy groups -OCH3 is 1. The maximum atomic E-state index is 12.0. The van der Waals surface area contributed by atoms with Gasteiger partial charge < -0.3 is 4.74 Å². The van der Waals surface area contributed by atoms with Gasteiger partial charge in [0.2, 0.25) is 5.91 Å². The van der Waals surface area contributed by atoms with Gasteiger partial charge >= 0.3 is 0 Å². The number of rotatable bonds is 6. The Bertz CT molecular complexity index is 858. The molecule has 3 rings (SSSR count). The van der Waals surface area contributed by atoms with E-state index in [2.05, 4.69) is 10.3 Å². The SMILES string of the molecule is COc1ccc(-n2ccnc2SCC(=O)NC(=O)c2cccs2)cc1. The van der Waals surface area contributed by atoms with E-state index in [1.54, 1.807) is 30.8 Å². The normalized spacial score (nSPS) is 10.4. The second-order valence-electron chi connectivity index (χ2n) is 4.92. The van der Waals surface area contributed by atoms with E-state index in [1.807, 2.05) is 35.0 Å². The number of ether oxygens (including phenoxy) is 1. The van der Waals surface area contributed by atoms with Gasteiger partial charge in [0.1, 0.15) is 5.75 Å². The summed E-state index contributed by atoms with van der Waals surface area (Å²) in [6.07, 6.45) is 3.49. The zero-order valence-corrected chi connectivity index (χ0v) is 15.0. The number of carbonyl (C=O) groups is 2. The molecule has 2 aromatic heterocycles. The first kappa shape index (κ1) is 17.2. The molecule has 0 unspecified atom stereocenters. The number of nitrogens with one attached hydrogen (secondary N) is 1. The van der Waals surface area contributed by atoms with Gasteiger partial charge in [0.15, 0.2) is 5.16 Å². The Hall–Kier alpha value is -2.58. The second-order valence-corrected chi connectivity index (χ2v) is 6.81. The van der Waals surface area contributed by atoms with Crippen LogP contribution in [0.2, 0.25) is 0 Å². The average Bonchev–Trinajstić information content (AvgIpc) is 3.31. The summed E-state index contributed by atoms with van der Waals surface area (Å²) in [5, 5.41) is 4.84. The minimum atomic E-state index is -0.376. The molecule has 0 spiro atoms. The molecule has 2 heterocycles. The van der Waals surface area contributed by atoms with Crippen LogP contribution in [0.25, 0.3) is 5.69 Å². The highest BCUT2D eigenvalue weighted by atomic mass is 32.2. The van der Waals surface area contributed by atoms with E-state index in [0.29, 0.717) is 10.0 Å². The maximum absolute atomic E-state index is 12.0. The van der Waals surface area contributed by atoms with Crippen molar-refractivity contribution in [2.24, 2.45) is 0 Å². The van der Waals surface area contributed by atoms with E-state index in [0.717, 1.165) is 11.4 Å². The van der Waals surface area contributed by atoms with Gasteiger partial charge in [-0.3, -0.25) is 19.5 Å². The van der Waals surface area contributed by atoms with Crippen molar-refractivity contribution in [2.45, 2.75) is 5.16 Å². The molecule has 0 saturated heterocycles. The molecule has 0 aliphatic carbocycles. The lowest BCUT2D eigenvalue weighted by Gasteiger charge is -2.08. The number of amides is 2. The first-order chi connectivity index (χ1) is 12.2. The zero-order valence-electron chi connectivity index (χ0n) is 13.3. The Labute approximate surface area is 152 Å². The summed E-state index contributed by atoms with van der Waals surface area (Å²) >= 11 is 2.56. The van der Waals surface area contributed by atoms with E-state index in [9.17, 15) is 9.59 Å². The molecule has 0 saturated carbocycles. The number of nitrogens with zero attached hydrogens (tertiary/aromatic N) is 2. The molecule has 25 heavy (non-hydrogen) atoms. The van der Waals surface area contributed by atoms with E-state index in [4.69, 9.17) is 4.74 Å². The molecule has 0 aliphatic heterocycles. The highest BCUT2D eigenvalue weighted by molar-refractivity contribution is 7.99. The number of hydrogen-bond donors (Lipinski definition) is 1. The summed E-state index contributed by atoms with van der Waals surface area (Å²) in [7, 11) is 1.61. The van der Waals surface area contributed by atoms with Gasteiger partial charge in [-0.05, 0) is 35.7 Å². The van der Waals surface area contributed by atoms with Crippen molar-refractivity contribution in [3.63, 3.8) is 0 Å². The van der Waals surface area contributed by atoms with Crippen molar-refractivity contribution in [3.05, 3.63) is 59.0 Å². The molecule has 0 aliphatic rings. The van der Waals surface area contributed by atoms with Crippen LogP contribution in [0.3, 0.4) is 0 Å². The molecule has 0 atom stereocenters. The lowest BCUT2D eigenvalue weighted by Crippen LogP contribution is -2.31. The number of hydrogen-bond acceptors (Lipinski definition) is 6. The lowest BCUT2D eigenvalue weighted by atomic mass is 10.3. The second kappa shape index (κ2) is 8.00. The monoisotopic (exact) mass is 373 g/mol. The molecule has 1 N–H and O–H groups in total. The van der Waals surface area contributed by atoms with Crippen LogP contribution in [-0.4, -0.2) is 34.2 Å². The third-order valence-electron chi connectivity index (χ3n) is 3.29. The molecule has 2 amide bonds. The summed E-state index contributed by atoms with van der Waals surface area (Å²) in [6.45, 7) is 0. The lowest BCUT2D eigenvalue weighted by molar-refractivity contribution is -0.117. The zero-order chi connectivity index (χ0) is 17.6. The molecule has 1 aromatic carbocycles. The van der Waals surface area contributed by atoms with Crippen LogP contribution >= 0.6 is 23.1 Å². The van der Waals surface area contributed by atoms with Crippen LogP contribution in [0.5, 0.6) is 5.75 Å². The quantitative estimate of drug-likeness (QED) is 0.673. The number of aromatic nitrogens is 2. The number of thiophene rings is 1. The van der Waals surface area contributed by atoms with Gasteiger partial charge in [0.25, 0.3) is 5.91 Å². The van der Waals surface area contributed by atoms with Crippen molar-refractivity contribution < 1.29 is 14.3 Å². The van der Waals surface area contributed by atoms with E-state index < -0.39 is 0 Å². The largest absolute Gasteiger partial charge is 0.497 e. The molecule has 6 nitrogen and oxygen atoms in total. The standard InChI is InChI=1S/C17H15N3O3S2/c1-23-13-6-4-12(5-7-13)20-9-8-18-17(20)25-11-15(21)19-16(22)14-3-2-10-24-14/h2-10H,11H2,1H3,(H,19,21,22). The van der Waals surface area contributed by atoms with Crippen LogP contribution in [0.4, 0.5) is 0 Å². The van der Waals surface area contributed by atoms with Crippen molar-refractivity contribution >= 4 is 34.9 Å². The number of benzene rings is 1. The van der Waals surface area contributed by atoms with Gasteiger partial charge in [0, 0.05) is 18.1 Å². The van der Waals surface area contributed by atoms with Gasteiger partial charge in [-0.2, -0.15) is 0 Å².